The quantitative estimate of drug-likeness (QED) is 0.294. The Kier molecular flexibility index (Phi) is 9.43. The standard InChI is InChI=1S/C31H37ClN4O4/c1-20-9-11-23(21(2)17-20)28-27(22-10-12-24(32)26(18-22)40-16-8-15-36(3)4)34-25(19-33-28)29(37)35-31(30(38)39)13-6-5-7-14-31/h9-12,17-19H,5-8,13-16H2,1-4H3,(H,35,37)(H,38,39). The van der Waals surface area contributed by atoms with Crippen LogP contribution in [-0.2, 0) is 4.79 Å². The number of carboxylic acid groups (broad SMARTS) is 1. The topological polar surface area (TPSA) is 105 Å². The fraction of sp³-hybridized carbons (Fsp3) is 0.419. The monoisotopic (exact) mass is 564 g/mol. The Morgan fingerprint density at radius 3 is 2.50 bits per heavy atom. The molecule has 8 nitrogen and oxygen atoms in total. The second-order valence-electron chi connectivity index (χ2n) is 10.8. The van der Waals surface area contributed by atoms with Crippen molar-refractivity contribution in [3.63, 3.8) is 0 Å². The van der Waals surface area contributed by atoms with Crippen molar-refractivity contribution in [1.82, 2.24) is 20.2 Å². The largest absolute Gasteiger partial charge is 0.492 e. The number of nitrogens with zero attached hydrogens (tertiary/aromatic N) is 3. The van der Waals surface area contributed by atoms with Gasteiger partial charge in [0.05, 0.1) is 29.2 Å². The normalized spacial score (nSPS) is 14.7. The van der Waals surface area contributed by atoms with Gasteiger partial charge in [0, 0.05) is 17.7 Å². The van der Waals surface area contributed by atoms with Gasteiger partial charge in [-0.1, -0.05) is 60.7 Å². The average molecular weight is 565 g/mol. The number of hydrogen-bond acceptors (Lipinski definition) is 6. The summed E-state index contributed by atoms with van der Waals surface area (Å²) in [6.45, 7) is 5.42. The Balaban J connectivity index is 1.74. The fourth-order valence-electron chi connectivity index (χ4n) is 5.13. The van der Waals surface area contributed by atoms with Crippen LogP contribution in [0.4, 0.5) is 0 Å². The second kappa shape index (κ2) is 12.8. The van der Waals surface area contributed by atoms with Gasteiger partial charge >= 0.3 is 5.97 Å². The molecule has 0 bridgehead atoms. The van der Waals surface area contributed by atoms with Crippen LogP contribution in [-0.4, -0.2) is 64.6 Å². The van der Waals surface area contributed by atoms with Crippen LogP contribution in [0, 0.1) is 13.8 Å². The van der Waals surface area contributed by atoms with E-state index in [1.165, 1.54) is 6.20 Å². The maximum Gasteiger partial charge on any atom is 0.329 e. The van der Waals surface area contributed by atoms with Crippen molar-refractivity contribution in [2.24, 2.45) is 0 Å². The summed E-state index contributed by atoms with van der Waals surface area (Å²) in [4.78, 5) is 37.1. The summed E-state index contributed by atoms with van der Waals surface area (Å²) in [5.41, 5.74) is 3.58. The molecule has 2 N–H and O–H groups in total. The maximum absolute atomic E-state index is 13.4. The van der Waals surface area contributed by atoms with E-state index >= 15 is 0 Å². The lowest BCUT2D eigenvalue weighted by Gasteiger charge is -2.33. The molecule has 212 valence electrons. The van der Waals surface area contributed by atoms with Crippen molar-refractivity contribution in [3.8, 4) is 28.3 Å². The number of rotatable bonds is 10. The van der Waals surface area contributed by atoms with Crippen molar-refractivity contribution in [2.75, 3.05) is 27.2 Å². The number of halogens is 1. The van der Waals surface area contributed by atoms with Crippen LogP contribution < -0.4 is 10.1 Å². The van der Waals surface area contributed by atoms with Gasteiger partial charge in [-0.25, -0.2) is 9.78 Å². The summed E-state index contributed by atoms with van der Waals surface area (Å²) in [5.74, 6) is -1.05. The van der Waals surface area contributed by atoms with E-state index < -0.39 is 17.4 Å². The SMILES string of the molecule is Cc1ccc(-c2ncc(C(=O)NC3(C(=O)O)CCCCC3)nc2-c2ccc(Cl)c(OCCCN(C)C)c2)c(C)c1. The number of carbonyl (C=O) groups excluding carboxylic acids is 1. The molecule has 0 atom stereocenters. The summed E-state index contributed by atoms with van der Waals surface area (Å²) in [6, 6.07) is 11.5. The van der Waals surface area contributed by atoms with Gasteiger partial charge in [0.15, 0.2) is 0 Å². The minimum atomic E-state index is -1.29. The lowest BCUT2D eigenvalue weighted by molar-refractivity contribution is -0.145. The smallest absolute Gasteiger partial charge is 0.329 e. The van der Waals surface area contributed by atoms with Crippen molar-refractivity contribution >= 4 is 23.5 Å². The molecule has 1 amide bonds. The molecule has 0 aliphatic heterocycles. The number of amides is 1. The van der Waals surface area contributed by atoms with Crippen molar-refractivity contribution in [1.29, 1.82) is 0 Å². The van der Waals surface area contributed by atoms with Crippen LogP contribution >= 0.6 is 11.6 Å². The zero-order chi connectivity index (χ0) is 28.9. The molecular weight excluding hydrogens is 528 g/mol. The molecule has 1 fully saturated rings. The van der Waals surface area contributed by atoms with Gasteiger partial charge < -0.3 is 20.1 Å². The van der Waals surface area contributed by atoms with E-state index in [9.17, 15) is 14.7 Å². The first kappa shape index (κ1) is 29.5. The van der Waals surface area contributed by atoms with Crippen molar-refractivity contribution in [3.05, 3.63) is 64.4 Å². The molecule has 0 unspecified atom stereocenters. The molecule has 1 saturated carbocycles. The number of nitrogens with one attached hydrogen (secondary N) is 1. The number of benzene rings is 2. The molecule has 1 aromatic heterocycles. The zero-order valence-corrected chi connectivity index (χ0v) is 24.3. The van der Waals surface area contributed by atoms with Crippen LogP contribution in [0.15, 0.2) is 42.6 Å². The van der Waals surface area contributed by atoms with Gasteiger partial charge in [0.25, 0.3) is 5.91 Å². The Labute approximate surface area is 240 Å². The molecule has 40 heavy (non-hydrogen) atoms. The minimum Gasteiger partial charge on any atom is -0.492 e. The summed E-state index contributed by atoms with van der Waals surface area (Å²) in [7, 11) is 4.02. The molecule has 1 aliphatic carbocycles. The molecule has 2 aromatic carbocycles. The minimum absolute atomic E-state index is 0.0538. The molecule has 4 rings (SSSR count). The summed E-state index contributed by atoms with van der Waals surface area (Å²) in [6.07, 6.45) is 5.48. The first-order valence-electron chi connectivity index (χ1n) is 13.7. The van der Waals surface area contributed by atoms with Crippen LogP contribution in [0.1, 0.15) is 60.1 Å². The highest BCUT2D eigenvalue weighted by Gasteiger charge is 2.41. The molecule has 1 heterocycles. The number of carboxylic acids is 1. The van der Waals surface area contributed by atoms with E-state index in [2.05, 4.69) is 16.3 Å². The molecule has 3 aromatic rings. The van der Waals surface area contributed by atoms with Gasteiger partial charge in [-0.3, -0.25) is 9.78 Å². The molecular formula is C31H37ClN4O4. The highest BCUT2D eigenvalue weighted by molar-refractivity contribution is 6.32. The average Bonchev–Trinajstić information content (AvgIpc) is 2.92. The third-order valence-corrected chi connectivity index (χ3v) is 7.64. The van der Waals surface area contributed by atoms with E-state index in [0.29, 0.717) is 47.2 Å². The highest BCUT2D eigenvalue weighted by Crippen LogP contribution is 2.36. The van der Waals surface area contributed by atoms with E-state index in [1.807, 2.05) is 52.2 Å². The number of aliphatic carboxylic acids is 1. The van der Waals surface area contributed by atoms with Crippen molar-refractivity contribution < 1.29 is 19.4 Å². The van der Waals surface area contributed by atoms with Crippen LogP contribution in [0.3, 0.4) is 0 Å². The molecule has 0 spiro atoms. The number of hydrogen-bond donors (Lipinski definition) is 2. The van der Waals surface area contributed by atoms with E-state index in [-0.39, 0.29) is 5.69 Å². The molecule has 0 radical (unpaired) electrons. The summed E-state index contributed by atoms with van der Waals surface area (Å²) in [5, 5.41) is 13.2. The lowest BCUT2D eigenvalue weighted by Crippen LogP contribution is -2.55. The maximum atomic E-state index is 13.4. The van der Waals surface area contributed by atoms with E-state index in [4.69, 9.17) is 26.3 Å². The Morgan fingerprint density at radius 2 is 1.82 bits per heavy atom. The molecule has 0 saturated heterocycles. The highest BCUT2D eigenvalue weighted by atomic mass is 35.5. The lowest BCUT2D eigenvalue weighted by atomic mass is 9.81. The summed E-state index contributed by atoms with van der Waals surface area (Å²) < 4.78 is 6.00. The van der Waals surface area contributed by atoms with E-state index in [0.717, 1.165) is 48.9 Å². The second-order valence-corrected chi connectivity index (χ2v) is 11.2. The van der Waals surface area contributed by atoms with Gasteiger partial charge in [0.1, 0.15) is 17.0 Å². The Hall–Kier alpha value is -3.49. The van der Waals surface area contributed by atoms with Crippen LogP contribution in [0.5, 0.6) is 5.75 Å². The molecule has 1 aliphatic rings. The van der Waals surface area contributed by atoms with Gasteiger partial charge in [-0.2, -0.15) is 0 Å². The number of aromatic nitrogens is 2. The van der Waals surface area contributed by atoms with Gasteiger partial charge in [0.2, 0.25) is 0 Å². The number of carbonyl (C=O) groups is 2. The van der Waals surface area contributed by atoms with Crippen LogP contribution in [0.2, 0.25) is 5.02 Å². The zero-order valence-electron chi connectivity index (χ0n) is 23.6. The predicted octanol–water partition coefficient (Wildman–Crippen LogP) is 5.93. The van der Waals surface area contributed by atoms with Crippen molar-refractivity contribution in [2.45, 2.75) is 57.9 Å². The first-order chi connectivity index (χ1) is 19.1. The molecule has 9 heteroatoms. The predicted molar refractivity (Wildman–Crippen MR) is 157 cm³/mol. The van der Waals surface area contributed by atoms with E-state index in [1.54, 1.807) is 6.07 Å². The first-order valence-corrected chi connectivity index (χ1v) is 14.1. The Bertz CT molecular complexity index is 1390. The third kappa shape index (κ3) is 6.80. The Morgan fingerprint density at radius 1 is 1.07 bits per heavy atom. The summed E-state index contributed by atoms with van der Waals surface area (Å²) >= 11 is 6.47. The van der Waals surface area contributed by atoms with Gasteiger partial charge in [-0.05, 0) is 64.9 Å². The van der Waals surface area contributed by atoms with Gasteiger partial charge in [-0.15, -0.1) is 0 Å². The van der Waals surface area contributed by atoms with Crippen LogP contribution in [0.25, 0.3) is 22.5 Å². The number of aryl methyl sites for hydroxylation is 2. The fourth-order valence-corrected chi connectivity index (χ4v) is 5.30. The third-order valence-electron chi connectivity index (χ3n) is 7.32. The number of ether oxygens (including phenoxy) is 1.